The minimum atomic E-state index is 0.0487. The highest BCUT2D eigenvalue weighted by Crippen LogP contribution is 2.24. The molecule has 0 saturated carbocycles. The van der Waals surface area contributed by atoms with Crippen molar-refractivity contribution in [3.8, 4) is 0 Å². The van der Waals surface area contributed by atoms with E-state index in [4.69, 9.17) is 0 Å². The number of rotatable bonds is 2. The summed E-state index contributed by atoms with van der Waals surface area (Å²) in [7, 11) is 0. The molecule has 4 rings (SSSR count). The first kappa shape index (κ1) is 15.4. The zero-order chi connectivity index (χ0) is 16.7. The van der Waals surface area contributed by atoms with Crippen LogP contribution >= 0.6 is 0 Å². The van der Waals surface area contributed by atoms with E-state index >= 15 is 0 Å². The van der Waals surface area contributed by atoms with E-state index in [1.807, 2.05) is 18.0 Å². The molecule has 1 amide bonds. The Morgan fingerprint density at radius 3 is 2.96 bits per heavy atom. The molecule has 7 nitrogen and oxygen atoms in total. The minimum absolute atomic E-state index is 0.0487. The Morgan fingerprint density at radius 2 is 2.17 bits per heavy atom. The van der Waals surface area contributed by atoms with Crippen LogP contribution in [0.5, 0.6) is 0 Å². The Kier molecular flexibility index (Phi) is 3.88. The second-order valence-electron chi connectivity index (χ2n) is 6.80. The maximum Gasteiger partial charge on any atom is 0.274 e. The summed E-state index contributed by atoms with van der Waals surface area (Å²) in [6.45, 7) is 8.30. The maximum absolute atomic E-state index is 12.8. The Morgan fingerprint density at radius 1 is 1.29 bits per heavy atom. The largest absolute Gasteiger partial charge is 0.335 e. The summed E-state index contributed by atoms with van der Waals surface area (Å²) in [6, 6.07) is 2.36. The van der Waals surface area contributed by atoms with Gasteiger partial charge in [0.05, 0.1) is 11.7 Å². The van der Waals surface area contributed by atoms with Crippen molar-refractivity contribution in [2.45, 2.75) is 39.3 Å². The first-order chi connectivity index (χ1) is 11.6. The van der Waals surface area contributed by atoms with Gasteiger partial charge in [-0.25, -0.2) is 4.98 Å². The Bertz CT molecular complexity index is 738. The Balaban J connectivity index is 1.49. The normalized spacial score (nSPS) is 20.9. The van der Waals surface area contributed by atoms with Crippen molar-refractivity contribution < 1.29 is 4.79 Å². The molecule has 128 valence electrons. The number of likely N-dealkylation sites (tertiary alicyclic amines) is 1. The first-order valence-electron chi connectivity index (χ1n) is 8.70. The Labute approximate surface area is 141 Å². The second-order valence-corrected chi connectivity index (χ2v) is 6.80. The third-order valence-electron chi connectivity index (χ3n) is 4.97. The minimum Gasteiger partial charge on any atom is -0.335 e. The van der Waals surface area contributed by atoms with Crippen molar-refractivity contribution in [2.75, 3.05) is 26.2 Å². The topological polar surface area (TPSA) is 68.0 Å². The molecule has 0 aliphatic carbocycles. The molecule has 1 saturated heterocycles. The van der Waals surface area contributed by atoms with E-state index in [0.717, 1.165) is 56.2 Å². The van der Waals surface area contributed by atoms with Gasteiger partial charge in [-0.05, 0) is 26.3 Å². The number of aromatic nitrogens is 4. The van der Waals surface area contributed by atoms with Gasteiger partial charge >= 0.3 is 0 Å². The molecule has 1 unspecified atom stereocenters. The van der Waals surface area contributed by atoms with Crippen LogP contribution in [0.15, 0.2) is 12.3 Å². The summed E-state index contributed by atoms with van der Waals surface area (Å²) in [5, 5.41) is 7.92. The monoisotopic (exact) mass is 328 g/mol. The third kappa shape index (κ3) is 2.73. The molecule has 0 aromatic carbocycles. The Hall–Kier alpha value is -2.15. The van der Waals surface area contributed by atoms with Crippen LogP contribution in [0.2, 0.25) is 0 Å². The average molecular weight is 328 g/mol. The fourth-order valence-electron chi connectivity index (χ4n) is 3.78. The molecule has 2 aliphatic heterocycles. The van der Waals surface area contributed by atoms with Crippen LogP contribution in [0.25, 0.3) is 0 Å². The highest BCUT2D eigenvalue weighted by molar-refractivity contribution is 5.92. The van der Waals surface area contributed by atoms with E-state index in [1.165, 1.54) is 0 Å². The molecule has 1 N–H and O–H groups in total. The predicted octanol–water partition coefficient (Wildman–Crippen LogP) is 0.929. The third-order valence-corrected chi connectivity index (χ3v) is 4.97. The molecular weight excluding hydrogens is 304 g/mol. The van der Waals surface area contributed by atoms with Crippen molar-refractivity contribution in [2.24, 2.45) is 0 Å². The number of fused-ring (bicyclic) bond motifs is 1. The molecule has 4 heterocycles. The number of hydrogen-bond acceptors (Lipinski definition) is 4. The van der Waals surface area contributed by atoms with Crippen molar-refractivity contribution in [3.63, 3.8) is 0 Å². The molecule has 24 heavy (non-hydrogen) atoms. The van der Waals surface area contributed by atoms with Crippen LogP contribution in [-0.2, 0) is 13.0 Å². The van der Waals surface area contributed by atoms with Gasteiger partial charge in [0.25, 0.3) is 5.91 Å². The smallest absolute Gasteiger partial charge is 0.274 e. The summed E-state index contributed by atoms with van der Waals surface area (Å²) < 4.78 is 4.18. The van der Waals surface area contributed by atoms with Crippen LogP contribution in [-0.4, -0.2) is 56.3 Å². The van der Waals surface area contributed by atoms with Crippen molar-refractivity contribution >= 4 is 5.91 Å². The number of imidazole rings is 1. The van der Waals surface area contributed by atoms with Crippen molar-refractivity contribution in [1.29, 1.82) is 0 Å². The highest BCUT2D eigenvalue weighted by atomic mass is 16.2. The SMILES string of the molecule is Cc1cc(C)n(C2CCN(C(=O)c3cn4c(n3)CCNCC4)C2)n1. The van der Waals surface area contributed by atoms with Crippen LogP contribution in [0.3, 0.4) is 0 Å². The van der Waals surface area contributed by atoms with Gasteiger partial charge in [0.1, 0.15) is 11.5 Å². The van der Waals surface area contributed by atoms with Crippen LogP contribution in [0.1, 0.15) is 40.2 Å². The van der Waals surface area contributed by atoms with Crippen molar-refractivity contribution in [3.05, 3.63) is 35.2 Å². The second kappa shape index (κ2) is 6.05. The van der Waals surface area contributed by atoms with Gasteiger partial charge in [-0.1, -0.05) is 0 Å². The molecule has 7 heteroatoms. The summed E-state index contributed by atoms with van der Waals surface area (Å²) in [4.78, 5) is 19.3. The summed E-state index contributed by atoms with van der Waals surface area (Å²) in [5.74, 6) is 1.06. The summed E-state index contributed by atoms with van der Waals surface area (Å²) in [6.07, 6.45) is 3.74. The van der Waals surface area contributed by atoms with Crippen LogP contribution in [0, 0.1) is 13.8 Å². The van der Waals surface area contributed by atoms with E-state index in [9.17, 15) is 4.79 Å². The van der Waals surface area contributed by atoms with Gasteiger partial charge in [0, 0.05) is 51.0 Å². The number of hydrogen-bond donors (Lipinski definition) is 1. The molecular formula is C17H24N6O. The molecule has 0 bridgehead atoms. The highest BCUT2D eigenvalue weighted by Gasteiger charge is 2.30. The number of aryl methyl sites for hydroxylation is 2. The van der Waals surface area contributed by atoms with Gasteiger partial charge in [0.2, 0.25) is 0 Å². The molecule has 2 aliphatic rings. The average Bonchev–Trinajstić information content (AvgIpc) is 3.23. The lowest BCUT2D eigenvalue weighted by Gasteiger charge is -2.16. The fraction of sp³-hybridized carbons (Fsp3) is 0.588. The molecule has 0 radical (unpaired) electrons. The van der Waals surface area contributed by atoms with Crippen LogP contribution < -0.4 is 5.32 Å². The lowest BCUT2D eigenvalue weighted by atomic mass is 10.2. The van der Waals surface area contributed by atoms with Gasteiger partial charge in [-0.15, -0.1) is 0 Å². The van der Waals surface area contributed by atoms with Gasteiger partial charge in [-0.2, -0.15) is 5.10 Å². The number of nitrogens with one attached hydrogen (secondary N) is 1. The van der Waals surface area contributed by atoms with E-state index in [2.05, 4.69) is 37.6 Å². The van der Waals surface area contributed by atoms with Gasteiger partial charge < -0.3 is 14.8 Å². The van der Waals surface area contributed by atoms with E-state index in [0.29, 0.717) is 12.2 Å². The first-order valence-corrected chi connectivity index (χ1v) is 8.70. The number of nitrogens with zero attached hydrogens (tertiary/aromatic N) is 5. The number of carbonyl (C=O) groups excluding carboxylic acids is 1. The number of amides is 1. The van der Waals surface area contributed by atoms with Crippen LogP contribution in [0.4, 0.5) is 0 Å². The summed E-state index contributed by atoms with van der Waals surface area (Å²) >= 11 is 0. The van der Waals surface area contributed by atoms with E-state index < -0.39 is 0 Å². The number of carbonyl (C=O) groups is 1. The predicted molar refractivity (Wildman–Crippen MR) is 90.1 cm³/mol. The van der Waals surface area contributed by atoms with Gasteiger partial charge in [-0.3, -0.25) is 9.48 Å². The fourth-order valence-corrected chi connectivity index (χ4v) is 3.78. The zero-order valence-corrected chi connectivity index (χ0v) is 14.3. The molecule has 1 atom stereocenters. The molecule has 0 spiro atoms. The van der Waals surface area contributed by atoms with Gasteiger partial charge in [0.15, 0.2) is 0 Å². The lowest BCUT2D eigenvalue weighted by molar-refractivity contribution is 0.0781. The van der Waals surface area contributed by atoms with E-state index in [1.54, 1.807) is 0 Å². The quantitative estimate of drug-likeness (QED) is 0.890. The van der Waals surface area contributed by atoms with E-state index in [-0.39, 0.29) is 11.9 Å². The lowest BCUT2D eigenvalue weighted by Crippen LogP contribution is -2.29. The maximum atomic E-state index is 12.8. The van der Waals surface area contributed by atoms with Crippen molar-refractivity contribution in [1.82, 2.24) is 29.5 Å². The standard InChI is InChI=1S/C17H24N6O/c1-12-9-13(2)23(20-12)14-4-7-22(10-14)17(24)15-11-21-8-6-18-5-3-16(21)19-15/h9,11,14,18H,3-8,10H2,1-2H3. The summed E-state index contributed by atoms with van der Waals surface area (Å²) in [5.41, 5.74) is 2.78. The zero-order valence-electron chi connectivity index (χ0n) is 14.3. The molecule has 2 aromatic heterocycles. The molecule has 1 fully saturated rings. The molecule has 2 aromatic rings.